The maximum Gasteiger partial charge on any atom is 0.240 e. The molecule has 0 aromatic heterocycles. The third-order valence-electron chi connectivity index (χ3n) is 5.87. The zero-order chi connectivity index (χ0) is 19.5. The number of carbonyl (C=O) groups is 2. The number of rotatable bonds is 4. The molecular formula is C20H27ClN4O2S. The lowest BCUT2D eigenvalue weighted by molar-refractivity contribution is -0.133. The highest BCUT2D eigenvalue weighted by atomic mass is 35.5. The molecule has 2 amide bonds. The van der Waals surface area contributed by atoms with E-state index >= 15 is 0 Å². The Morgan fingerprint density at radius 3 is 2.50 bits per heavy atom. The number of hydrogen-bond donors (Lipinski definition) is 1. The number of anilines is 1. The van der Waals surface area contributed by atoms with Gasteiger partial charge in [0.05, 0.1) is 11.9 Å². The first-order valence-electron chi connectivity index (χ1n) is 9.98. The molecule has 8 heteroatoms. The van der Waals surface area contributed by atoms with Crippen LogP contribution < -0.4 is 10.2 Å². The quantitative estimate of drug-likeness (QED) is 0.803. The predicted molar refractivity (Wildman–Crippen MR) is 114 cm³/mol. The van der Waals surface area contributed by atoms with Crippen molar-refractivity contribution < 1.29 is 9.59 Å². The Kier molecular flexibility index (Phi) is 6.33. The van der Waals surface area contributed by atoms with Crippen LogP contribution in [0.2, 0.25) is 5.02 Å². The number of thioether (sulfide) groups is 1. The van der Waals surface area contributed by atoms with E-state index in [2.05, 4.69) is 10.2 Å². The summed E-state index contributed by atoms with van der Waals surface area (Å²) in [7, 11) is 0. The molecule has 6 nitrogen and oxygen atoms in total. The molecule has 28 heavy (non-hydrogen) atoms. The molecule has 3 aliphatic rings. The topological polar surface area (TPSA) is 55.9 Å². The summed E-state index contributed by atoms with van der Waals surface area (Å²) in [6.45, 7) is 4.77. The molecule has 3 heterocycles. The number of hydrogen-bond acceptors (Lipinski definition) is 5. The lowest BCUT2D eigenvalue weighted by atomic mass is 10.00. The first-order valence-corrected chi connectivity index (χ1v) is 11.5. The minimum atomic E-state index is -0.113. The summed E-state index contributed by atoms with van der Waals surface area (Å²) in [6, 6.07) is 7.75. The van der Waals surface area contributed by atoms with Crippen LogP contribution in [0.15, 0.2) is 24.3 Å². The molecule has 4 rings (SSSR count). The number of carbonyl (C=O) groups excluding carboxylic acids is 2. The maximum atomic E-state index is 12.7. The van der Waals surface area contributed by atoms with Crippen LogP contribution in [0.5, 0.6) is 0 Å². The van der Waals surface area contributed by atoms with Gasteiger partial charge in [0.1, 0.15) is 0 Å². The minimum absolute atomic E-state index is 0.113. The molecule has 3 fully saturated rings. The monoisotopic (exact) mass is 422 g/mol. The van der Waals surface area contributed by atoms with Crippen LogP contribution in [0.3, 0.4) is 0 Å². The van der Waals surface area contributed by atoms with Crippen molar-refractivity contribution in [1.29, 1.82) is 0 Å². The van der Waals surface area contributed by atoms with Gasteiger partial charge in [0, 0.05) is 55.6 Å². The number of piperazine rings is 1. The largest absolute Gasteiger partial charge is 0.368 e. The Balaban J connectivity index is 1.22. The van der Waals surface area contributed by atoms with Crippen LogP contribution in [0.25, 0.3) is 0 Å². The van der Waals surface area contributed by atoms with E-state index in [0.717, 1.165) is 68.0 Å². The third-order valence-corrected chi connectivity index (χ3v) is 7.09. The van der Waals surface area contributed by atoms with Gasteiger partial charge in [-0.05, 0) is 43.1 Å². The third kappa shape index (κ3) is 4.58. The van der Waals surface area contributed by atoms with Gasteiger partial charge in [-0.2, -0.15) is 0 Å². The summed E-state index contributed by atoms with van der Waals surface area (Å²) in [5.41, 5.74) is 1.15. The molecule has 0 aliphatic carbocycles. The highest BCUT2D eigenvalue weighted by molar-refractivity contribution is 7.99. The molecule has 2 unspecified atom stereocenters. The van der Waals surface area contributed by atoms with Gasteiger partial charge in [-0.1, -0.05) is 11.6 Å². The normalized spacial score (nSPS) is 25.4. The Bertz CT molecular complexity index is 703. The van der Waals surface area contributed by atoms with Crippen molar-refractivity contribution in [1.82, 2.24) is 15.1 Å². The second-order valence-corrected chi connectivity index (χ2v) is 9.26. The first-order chi connectivity index (χ1) is 13.6. The fourth-order valence-corrected chi connectivity index (χ4v) is 5.28. The molecule has 2 atom stereocenters. The van der Waals surface area contributed by atoms with Crippen LogP contribution in [0.1, 0.15) is 12.8 Å². The molecule has 152 valence electrons. The van der Waals surface area contributed by atoms with E-state index < -0.39 is 0 Å². The molecular weight excluding hydrogens is 396 g/mol. The summed E-state index contributed by atoms with van der Waals surface area (Å²) in [5.74, 6) is 2.51. The Hall–Kier alpha value is -1.44. The minimum Gasteiger partial charge on any atom is -0.368 e. The Labute approximate surface area is 175 Å². The van der Waals surface area contributed by atoms with Crippen LogP contribution in [0, 0.1) is 5.92 Å². The second-order valence-electron chi connectivity index (χ2n) is 7.75. The van der Waals surface area contributed by atoms with E-state index in [-0.39, 0.29) is 23.8 Å². The summed E-state index contributed by atoms with van der Waals surface area (Å²) >= 11 is 7.77. The number of benzene rings is 1. The molecule has 0 spiro atoms. The lowest BCUT2D eigenvalue weighted by Gasteiger charge is -2.36. The van der Waals surface area contributed by atoms with E-state index in [4.69, 9.17) is 11.6 Å². The Morgan fingerprint density at radius 1 is 1.07 bits per heavy atom. The molecule has 1 aromatic rings. The lowest BCUT2D eigenvalue weighted by Crippen LogP contribution is -2.49. The molecule has 3 aliphatic heterocycles. The standard InChI is InChI=1S/C20H27ClN4O2S/c21-16-1-3-17(4-2-16)23-5-7-24(8-6-23)19(26)12-15-11-18(22-13-15)20(27)25-9-10-28-14-25/h1-4,15,18,22H,5-14H2. The second kappa shape index (κ2) is 8.93. The van der Waals surface area contributed by atoms with Crippen LogP contribution in [-0.2, 0) is 9.59 Å². The van der Waals surface area contributed by atoms with Crippen molar-refractivity contribution in [3.05, 3.63) is 29.3 Å². The molecule has 3 saturated heterocycles. The summed E-state index contributed by atoms with van der Waals surface area (Å²) in [6.07, 6.45) is 1.31. The fourth-order valence-electron chi connectivity index (χ4n) is 4.20. The first kappa shape index (κ1) is 19.9. The molecule has 1 N–H and O–H groups in total. The van der Waals surface area contributed by atoms with Gasteiger partial charge in [-0.3, -0.25) is 9.59 Å². The number of halogens is 1. The number of nitrogens with zero attached hydrogens (tertiary/aromatic N) is 3. The van der Waals surface area contributed by atoms with Gasteiger partial charge in [0.15, 0.2) is 0 Å². The van der Waals surface area contributed by atoms with Gasteiger partial charge in [-0.25, -0.2) is 0 Å². The highest BCUT2D eigenvalue weighted by Crippen LogP contribution is 2.24. The van der Waals surface area contributed by atoms with E-state index in [1.165, 1.54) is 0 Å². The summed E-state index contributed by atoms with van der Waals surface area (Å²) in [5, 5.41) is 4.07. The number of amides is 2. The fraction of sp³-hybridized carbons (Fsp3) is 0.600. The van der Waals surface area contributed by atoms with Crippen molar-refractivity contribution in [2.75, 3.05) is 55.8 Å². The smallest absolute Gasteiger partial charge is 0.240 e. The van der Waals surface area contributed by atoms with Crippen molar-refractivity contribution in [3.8, 4) is 0 Å². The van der Waals surface area contributed by atoms with Gasteiger partial charge in [-0.15, -0.1) is 11.8 Å². The van der Waals surface area contributed by atoms with Gasteiger partial charge >= 0.3 is 0 Å². The molecule has 0 saturated carbocycles. The summed E-state index contributed by atoms with van der Waals surface area (Å²) in [4.78, 5) is 31.4. The zero-order valence-electron chi connectivity index (χ0n) is 16.0. The van der Waals surface area contributed by atoms with Crippen molar-refractivity contribution in [2.45, 2.75) is 18.9 Å². The van der Waals surface area contributed by atoms with Crippen LogP contribution in [-0.4, -0.2) is 78.6 Å². The zero-order valence-corrected chi connectivity index (χ0v) is 17.6. The Morgan fingerprint density at radius 2 is 1.82 bits per heavy atom. The maximum absolute atomic E-state index is 12.7. The van der Waals surface area contributed by atoms with Gasteiger partial charge < -0.3 is 20.0 Å². The number of nitrogens with one attached hydrogen (secondary N) is 1. The predicted octanol–water partition coefficient (Wildman–Crippen LogP) is 1.89. The van der Waals surface area contributed by atoms with Gasteiger partial charge in [0.2, 0.25) is 11.8 Å². The highest BCUT2D eigenvalue weighted by Gasteiger charge is 2.35. The molecule has 0 bridgehead atoms. The van der Waals surface area contributed by atoms with E-state index in [1.807, 2.05) is 34.1 Å². The van der Waals surface area contributed by atoms with Crippen molar-refractivity contribution in [3.63, 3.8) is 0 Å². The average molecular weight is 423 g/mol. The SMILES string of the molecule is O=C(CC1CNC(C(=O)N2CCSC2)C1)N1CCN(c2ccc(Cl)cc2)CC1. The molecule has 1 aromatic carbocycles. The summed E-state index contributed by atoms with van der Waals surface area (Å²) < 4.78 is 0. The average Bonchev–Trinajstić information content (AvgIpc) is 3.40. The molecule has 0 radical (unpaired) electrons. The van der Waals surface area contributed by atoms with Crippen molar-refractivity contribution >= 4 is 40.9 Å². The van der Waals surface area contributed by atoms with Crippen LogP contribution in [0.4, 0.5) is 5.69 Å². The van der Waals surface area contributed by atoms with E-state index in [1.54, 1.807) is 11.8 Å². The van der Waals surface area contributed by atoms with Crippen LogP contribution >= 0.6 is 23.4 Å². The van der Waals surface area contributed by atoms with E-state index in [9.17, 15) is 9.59 Å². The van der Waals surface area contributed by atoms with Crippen molar-refractivity contribution in [2.24, 2.45) is 5.92 Å². The van der Waals surface area contributed by atoms with E-state index in [0.29, 0.717) is 6.42 Å². The van der Waals surface area contributed by atoms with Gasteiger partial charge in [0.25, 0.3) is 0 Å².